The van der Waals surface area contributed by atoms with Gasteiger partial charge in [-0.25, -0.2) is 0 Å². The van der Waals surface area contributed by atoms with Gasteiger partial charge in [0.2, 0.25) is 88.6 Å². The average molecular weight is 1840 g/mol. The van der Waals surface area contributed by atoms with Crippen molar-refractivity contribution in [3.05, 3.63) is 203 Å². The summed E-state index contributed by atoms with van der Waals surface area (Å²) < 4.78 is 0. The standard InChI is InChI=1S/C96H122N16O19S/c1-11-12-32-76-94(129)108(7)53-81(116)100-72(49-83(118)119)89(124)107-84(57(4)5)96(131)110(9)77(46-60-26-18-14-19-27-60)90(125)105-74(45-63-35-39-66(114)40-36-63)93(128)112-52-58(6)42-78(112)91(126)104-71(48-64-50-98-68-31-23-22-30-67(64)68)88(123)103-70(43-62-33-37-65(113)38-34-62)87(122)102-69(41-56(2)3)86(121)106-75(85(120)99-51-80(97)115)54-132-55-82(117)101-73(44-59-24-16-13-17-25-59)92(127)111(10)79(95(130)109(76)8)47-61-28-20-15-21-29-61/h13-31,33-40,50,56-58,69-79,84,98,113-114H,11-12,32,41-49,51-55H2,1-10H3,(H2,97,115)(H,99,120)(H,100,116)(H,101,117)(H,102,122)(H,103,123)(H,104,126)(H,105,125)(H,106,121)(H,107,124)(H,118,119)/t58-,69+,70+,71+,72+,73+,74+,75+,76+,77+,78-,79+,84+/m1/s1. The minimum Gasteiger partial charge on any atom is -0.508 e. The molecule has 0 spiro atoms. The van der Waals surface area contributed by atoms with Crippen molar-refractivity contribution in [3.63, 3.8) is 0 Å². The Morgan fingerprint density at radius 3 is 1.53 bits per heavy atom. The average Bonchev–Trinajstić information content (AvgIpc) is 1.57. The fourth-order valence-electron chi connectivity index (χ4n) is 16.2. The number of thioether (sulfide) groups is 1. The second-order valence-corrected chi connectivity index (χ2v) is 35.7. The van der Waals surface area contributed by atoms with Gasteiger partial charge in [0.15, 0.2) is 0 Å². The Hall–Kier alpha value is -13.7. The molecular formula is C96H122N16O19S. The number of phenolic OH excluding ortho intramolecular Hbond substituents is 2. The van der Waals surface area contributed by atoms with Crippen LogP contribution in [-0.2, 0) is 115 Å². The first-order valence-electron chi connectivity index (χ1n) is 44.2. The molecule has 2 aliphatic heterocycles. The molecule has 706 valence electrons. The monoisotopic (exact) mass is 1830 g/mol. The SMILES string of the molecule is CCCC[C@H]1C(=O)N(C)CC(=O)N[C@@H](CC(=O)O)C(=O)N[C@@H](C(C)C)C(=O)N(C)[C@@H](Cc2ccccc2)C(=O)N[C@@H](Cc2ccc(O)cc2)C(=O)N2C[C@H](C)C[C@@H]2C(=O)N[C@@H](Cc2c[nH]c3ccccc23)C(=O)N[C@@H](Cc2ccc(O)cc2)C(=O)N[C@@H](CC(C)C)C(=O)N[C@H](C(=O)NCC(N)=O)CSCC(=O)N[C@@H](Cc2ccccc2)C(=O)N(C)[C@@H](Cc2ccccc2)C(=O)N1C. The van der Waals surface area contributed by atoms with Gasteiger partial charge in [-0.2, -0.15) is 0 Å². The van der Waals surface area contributed by atoms with E-state index >= 15 is 47.9 Å². The van der Waals surface area contributed by atoms with Crippen LogP contribution >= 0.6 is 11.8 Å². The van der Waals surface area contributed by atoms with Gasteiger partial charge in [0.05, 0.1) is 25.3 Å². The number of nitrogens with one attached hydrogen (secondary N) is 10. The zero-order valence-corrected chi connectivity index (χ0v) is 76.8. The first-order chi connectivity index (χ1) is 62.9. The second kappa shape index (κ2) is 48.8. The third kappa shape index (κ3) is 29.4. The Labute approximate surface area is 771 Å². The van der Waals surface area contributed by atoms with Crippen LogP contribution in [0.25, 0.3) is 10.9 Å². The molecule has 0 radical (unpaired) electrons. The van der Waals surface area contributed by atoms with E-state index in [0.717, 1.165) is 21.6 Å². The highest BCUT2D eigenvalue weighted by Gasteiger charge is 2.46. The van der Waals surface area contributed by atoms with Gasteiger partial charge in [0.1, 0.15) is 84.0 Å². The summed E-state index contributed by atoms with van der Waals surface area (Å²) in [5, 5.41) is 56.2. The second-order valence-electron chi connectivity index (χ2n) is 34.7. The van der Waals surface area contributed by atoms with E-state index in [1.807, 2.05) is 6.92 Å². The number of amides is 15. The summed E-state index contributed by atoms with van der Waals surface area (Å²) in [4.78, 5) is 246. The number of carboxylic acid groups (broad SMARTS) is 1. The first kappa shape index (κ1) is 102. The number of H-pyrrole nitrogens is 1. The molecule has 13 atom stereocenters. The van der Waals surface area contributed by atoms with Crippen LogP contribution in [0.15, 0.2) is 170 Å². The molecule has 36 heteroatoms. The normalized spacial score (nSPS) is 23.2. The lowest BCUT2D eigenvalue weighted by atomic mass is 9.98. The van der Waals surface area contributed by atoms with E-state index in [1.54, 1.807) is 156 Å². The lowest BCUT2D eigenvalue weighted by molar-refractivity contribution is -0.151. The van der Waals surface area contributed by atoms with E-state index in [0.29, 0.717) is 57.1 Å². The molecule has 2 aliphatic rings. The summed E-state index contributed by atoms with van der Waals surface area (Å²) in [6.07, 6.45) is 0.190. The van der Waals surface area contributed by atoms with Crippen molar-refractivity contribution in [1.29, 1.82) is 0 Å². The van der Waals surface area contributed by atoms with Gasteiger partial charge >= 0.3 is 5.97 Å². The number of carboxylic acids is 1. The Bertz CT molecular complexity index is 5200. The van der Waals surface area contributed by atoms with Crippen molar-refractivity contribution in [2.45, 2.75) is 191 Å². The number of rotatable bonds is 23. The van der Waals surface area contributed by atoms with E-state index in [4.69, 9.17) is 5.73 Å². The quantitative estimate of drug-likeness (QED) is 0.0437. The van der Waals surface area contributed by atoms with Gasteiger partial charge < -0.3 is 98.4 Å². The van der Waals surface area contributed by atoms with Crippen molar-refractivity contribution in [1.82, 2.24) is 77.3 Å². The van der Waals surface area contributed by atoms with E-state index in [-0.39, 0.29) is 87.5 Å². The number of phenols is 2. The molecule has 6 aromatic carbocycles. The van der Waals surface area contributed by atoms with Crippen LogP contribution < -0.4 is 53.6 Å². The Morgan fingerprint density at radius 2 is 0.970 bits per heavy atom. The number of para-hydroxylation sites is 1. The Morgan fingerprint density at radius 1 is 0.492 bits per heavy atom. The molecule has 0 saturated carbocycles. The number of unbranched alkanes of at least 4 members (excludes halogenated alkanes) is 1. The molecule has 1 aromatic heterocycles. The molecule has 132 heavy (non-hydrogen) atoms. The molecule has 0 bridgehead atoms. The molecule has 15 amide bonds. The molecule has 0 unspecified atom stereocenters. The summed E-state index contributed by atoms with van der Waals surface area (Å²) in [6.45, 7) is 8.74. The summed E-state index contributed by atoms with van der Waals surface area (Å²) in [6, 6.07) is 26.2. The maximum absolute atomic E-state index is 15.9. The molecule has 0 aliphatic carbocycles. The van der Waals surface area contributed by atoms with Gasteiger partial charge in [-0.15, -0.1) is 11.8 Å². The third-order valence-electron chi connectivity index (χ3n) is 23.4. The van der Waals surface area contributed by atoms with Gasteiger partial charge in [0.25, 0.3) is 0 Å². The van der Waals surface area contributed by atoms with Gasteiger partial charge in [-0.3, -0.25) is 76.7 Å². The number of carbonyl (C=O) groups is 16. The maximum Gasteiger partial charge on any atom is 0.305 e. The lowest BCUT2D eigenvalue weighted by Crippen LogP contribution is -2.62. The van der Waals surface area contributed by atoms with Crippen molar-refractivity contribution in [2.24, 2.45) is 23.5 Å². The number of benzene rings is 6. The third-order valence-corrected chi connectivity index (χ3v) is 24.4. The van der Waals surface area contributed by atoms with E-state index < -0.39 is 204 Å². The number of fused-ring (bicyclic) bond motifs is 2. The maximum atomic E-state index is 15.9. The molecule has 2 saturated heterocycles. The van der Waals surface area contributed by atoms with Crippen molar-refractivity contribution >= 4 is 117 Å². The van der Waals surface area contributed by atoms with E-state index in [9.17, 15) is 44.1 Å². The van der Waals surface area contributed by atoms with Crippen LogP contribution in [0, 0.1) is 17.8 Å². The first-order valence-corrected chi connectivity index (χ1v) is 45.4. The van der Waals surface area contributed by atoms with Gasteiger partial charge in [-0.05, 0) is 101 Å². The van der Waals surface area contributed by atoms with Crippen molar-refractivity contribution in [3.8, 4) is 11.5 Å². The number of carbonyl (C=O) groups excluding carboxylic acids is 15. The zero-order valence-electron chi connectivity index (χ0n) is 75.9. The number of nitrogens with zero attached hydrogens (tertiary/aromatic N) is 5. The summed E-state index contributed by atoms with van der Waals surface area (Å²) in [5.74, 6) is -17.5. The molecule has 3 heterocycles. The molecule has 9 rings (SSSR count). The predicted molar refractivity (Wildman–Crippen MR) is 494 cm³/mol. The number of hydrogen-bond donors (Lipinski definition) is 14. The zero-order chi connectivity index (χ0) is 96.2. The van der Waals surface area contributed by atoms with E-state index in [1.165, 1.54) is 91.4 Å². The minimum atomic E-state index is -1.91. The van der Waals surface area contributed by atoms with Gasteiger partial charge in [-0.1, -0.05) is 188 Å². The minimum absolute atomic E-state index is 0.0164. The molecule has 7 aromatic rings. The summed E-state index contributed by atoms with van der Waals surface area (Å²) >= 11 is 0.834. The highest BCUT2D eigenvalue weighted by molar-refractivity contribution is 8.00. The summed E-state index contributed by atoms with van der Waals surface area (Å²) in [5.41, 5.74) is 9.21. The van der Waals surface area contributed by atoms with Gasteiger partial charge in [0, 0.05) is 96.1 Å². The highest BCUT2D eigenvalue weighted by Crippen LogP contribution is 2.29. The molecule has 2 fully saturated rings. The number of aromatic hydroxyl groups is 2. The highest BCUT2D eigenvalue weighted by atomic mass is 32.2. The summed E-state index contributed by atoms with van der Waals surface area (Å²) in [7, 11) is 5.31. The largest absolute Gasteiger partial charge is 0.508 e. The number of likely N-dealkylation sites (N-methyl/N-ethyl adjacent to an activating group) is 4. The number of aromatic nitrogens is 1. The van der Waals surface area contributed by atoms with Crippen LogP contribution in [0.2, 0.25) is 0 Å². The number of aliphatic carboxylic acids is 1. The van der Waals surface area contributed by atoms with E-state index in [2.05, 4.69) is 52.8 Å². The number of aromatic amines is 1. The predicted octanol–water partition coefficient (Wildman–Crippen LogP) is 3.11. The number of hydrogen-bond acceptors (Lipinski definition) is 19. The molecule has 35 nitrogen and oxygen atoms in total. The van der Waals surface area contributed by atoms with Crippen LogP contribution in [0.1, 0.15) is 113 Å². The smallest absolute Gasteiger partial charge is 0.305 e. The Kier molecular flexibility index (Phi) is 37.8. The van der Waals surface area contributed by atoms with Crippen LogP contribution in [0.3, 0.4) is 0 Å². The molecule has 15 N–H and O–H groups in total. The van der Waals surface area contributed by atoms with Crippen molar-refractivity contribution in [2.75, 3.05) is 59.3 Å². The fraction of sp³-hybridized carbons (Fsp3) is 0.438. The number of nitrogens with two attached hydrogens (primary N) is 1. The lowest BCUT2D eigenvalue weighted by Gasteiger charge is -2.37. The Balaban J connectivity index is 1.13. The number of primary amides is 1. The molecular weight excluding hydrogens is 1710 g/mol. The fourth-order valence-corrected chi connectivity index (χ4v) is 17.0. The topological polar surface area (TPSA) is 500 Å². The van der Waals surface area contributed by atoms with Crippen LogP contribution in [0.5, 0.6) is 11.5 Å². The van der Waals surface area contributed by atoms with Crippen LogP contribution in [0.4, 0.5) is 0 Å². The van der Waals surface area contributed by atoms with Crippen LogP contribution in [-0.4, -0.2) is 271 Å². The van der Waals surface area contributed by atoms with Crippen molar-refractivity contribution < 1.29 is 92.0 Å².